The molecule has 0 aliphatic rings. The largest absolute Gasteiger partial charge is 0.468 e. The van der Waals surface area contributed by atoms with Gasteiger partial charge in [-0.05, 0) is 48.8 Å². The molecule has 0 bridgehead atoms. The van der Waals surface area contributed by atoms with Crippen molar-refractivity contribution in [1.29, 1.82) is 0 Å². The Morgan fingerprint density at radius 1 is 1.35 bits per heavy atom. The van der Waals surface area contributed by atoms with Crippen LogP contribution < -0.4 is 5.32 Å². The Kier molecular flexibility index (Phi) is 3.30. The van der Waals surface area contributed by atoms with Gasteiger partial charge in [-0.25, -0.2) is 0 Å². The zero-order valence-corrected chi connectivity index (χ0v) is 11.3. The first-order valence-electron chi connectivity index (χ1n) is 6.23. The average Bonchev–Trinajstić information content (AvgIpc) is 3.08. The molecule has 104 valence electrons. The third-order valence-corrected chi connectivity index (χ3v) is 3.04. The number of aromatic nitrogens is 5. The SMILES string of the molecule is CN(C)[C@@H](CNc1ccc2nnnn2n1)c1ccco1. The second-order valence-corrected chi connectivity index (χ2v) is 4.62. The molecule has 20 heavy (non-hydrogen) atoms. The van der Waals surface area contributed by atoms with Gasteiger partial charge in [0.25, 0.3) is 0 Å². The molecule has 0 amide bonds. The fourth-order valence-electron chi connectivity index (χ4n) is 1.96. The molecule has 3 heterocycles. The first kappa shape index (κ1) is 12.5. The smallest absolute Gasteiger partial charge is 0.200 e. The van der Waals surface area contributed by atoms with E-state index in [9.17, 15) is 0 Å². The van der Waals surface area contributed by atoms with Crippen molar-refractivity contribution in [1.82, 2.24) is 30.2 Å². The Balaban J connectivity index is 1.73. The van der Waals surface area contributed by atoms with E-state index >= 15 is 0 Å². The summed E-state index contributed by atoms with van der Waals surface area (Å²) in [4.78, 5) is 2.08. The number of hydrogen-bond acceptors (Lipinski definition) is 7. The Labute approximate surface area is 115 Å². The van der Waals surface area contributed by atoms with Crippen molar-refractivity contribution in [3.8, 4) is 0 Å². The first-order valence-corrected chi connectivity index (χ1v) is 6.23. The van der Waals surface area contributed by atoms with Gasteiger partial charge in [-0.3, -0.25) is 4.90 Å². The molecule has 0 aliphatic heterocycles. The van der Waals surface area contributed by atoms with Crippen molar-refractivity contribution >= 4 is 11.5 Å². The van der Waals surface area contributed by atoms with Crippen LogP contribution in [0.25, 0.3) is 5.65 Å². The maximum Gasteiger partial charge on any atom is 0.200 e. The van der Waals surface area contributed by atoms with Gasteiger partial charge in [-0.2, -0.15) is 0 Å². The van der Waals surface area contributed by atoms with Crippen molar-refractivity contribution < 1.29 is 4.42 Å². The van der Waals surface area contributed by atoms with Crippen molar-refractivity contribution in [2.45, 2.75) is 6.04 Å². The van der Waals surface area contributed by atoms with E-state index in [4.69, 9.17) is 4.42 Å². The minimum absolute atomic E-state index is 0.122. The van der Waals surface area contributed by atoms with Gasteiger partial charge in [0.2, 0.25) is 0 Å². The summed E-state index contributed by atoms with van der Waals surface area (Å²) in [6.07, 6.45) is 1.68. The maximum atomic E-state index is 5.46. The lowest BCUT2D eigenvalue weighted by molar-refractivity contribution is 0.269. The van der Waals surface area contributed by atoms with Crippen LogP contribution in [0, 0.1) is 0 Å². The van der Waals surface area contributed by atoms with E-state index in [1.807, 2.05) is 38.4 Å². The lowest BCUT2D eigenvalue weighted by Crippen LogP contribution is -2.26. The monoisotopic (exact) mass is 273 g/mol. The van der Waals surface area contributed by atoms with E-state index in [-0.39, 0.29) is 6.04 Å². The van der Waals surface area contributed by atoms with E-state index < -0.39 is 0 Å². The fourth-order valence-corrected chi connectivity index (χ4v) is 1.96. The van der Waals surface area contributed by atoms with Crippen LogP contribution in [0.3, 0.4) is 0 Å². The minimum atomic E-state index is 0.122. The molecule has 3 rings (SSSR count). The Morgan fingerprint density at radius 2 is 2.25 bits per heavy atom. The van der Waals surface area contributed by atoms with Crippen molar-refractivity contribution in [2.24, 2.45) is 0 Å². The molecule has 0 unspecified atom stereocenters. The highest BCUT2D eigenvalue weighted by molar-refractivity contribution is 5.42. The third kappa shape index (κ3) is 2.45. The first-order chi connectivity index (χ1) is 9.74. The van der Waals surface area contributed by atoms with E-state index in [1.165, 1.54) is 4.63 Å². The summed E-state index contributed by atoms with van der Waals surface area (Å²) in [6.45, 7) is 0.668. The molecular formula is C12H15N7O. The second kappa shape index (κ2) is 5.25. The van der Waals surface area contributed by atoms with E-state index in [0.717, 1.165) is 5.76 Å². The summed E-state index contributed by atoms with van der Waals surface area (Å²) in [6, 6.07) is 7.63. The van der Waals surface area contributed by atoms with Gasteiger partial charge in [-0.15, -0.1) is 14.8 Å². The minimum Gasteiger partial charge on any atom is -0.468 e. The molecule has 3 aromatic heterocycles. The van der Waals surface area contributed by atoms with Crippen LogP contribution in [0.4, 0.5) is 5.82 Å². The number of furan rings is 1. The molecule has 0 saturated heterocycles. The maximum absolute atomic E-state index is 5.46. The zero-order valence-electron chi connectivity index (χ0n) is 11.3. The van der Waals surface area contributed by atoms with Gasteiger partial charge in [0.15, 0.2) is 5.65 Å². The molecule has 0 aliphatic carbocycles. The van der Waals surface area contributed by atoms with Gasteiger partial charge in [0, 0.05) is 6.54 Å². The van der Waals surface area contributed by atoms with Gasteiger partial charge in [-0.1, -0.05) is 0 Å². The molecule has 8 heteroatoms. The summed E-state index contributed by atoms with van der Waals surface area (Å²) >= 11 is 0. The van der Waals surface area contributed by atoms with Gasteiger partial charge >= 0.3 is 0 Å². The molecule has 3 aromatic rings. The van der Waals surface area contributed by atoms with Gasteiger partial charge in [0.1, 0.15) is 11.6 Å². The van der Waals surface area contributed by atoms with Crippen molar-refractivity contribution in [3.63, 3.8) is 0 Å². The molecule has 0 spiro atoms. The predicted octanol–water partition coefficient (Wildman–Crippen LogP) is 0.827. The molecule has 0 aromatic carbocycles. The van der Waals surface area contributed by atoms with Crippen LogP contribution in [0.1, 0.15) is 11.8 Å². The van der Waals surface area contributed by atoms with Crippen molar-refractivity contribution in [3.05, 3.63) is 36.3 Å². The van der Waals surface area contributed by atoms with Crippen LogP contribution in [0.2, 0.25) is 0 Å². The second-order valence-electron chi connectivity index (χ2n) is 4.62. The van der Waals surface area contributed by atoms with E-state index in [1.54, 1.807) is 6.26 Å². The number of hydrogen-bond donors (Lipinski definition) is 1. The summed E-state index contributed by atoms with van der Waals surface area (Å²) in [7, 11) is 4.01. The summed E-state index contributed by atoms with van der Waals surface area (Å²) in [5, 5.41) is 18.7. The van der Waals surface area contributed by atoms with Crippen LogP contribution >= 0.6 is 0 Å². The quantitative estimate of drug-likeness (QED) is 0.736. The number of nitrogens with zero attached hydrogens (tertiary/aromatic N) is 6. The number of fused-ring (bicyclic) bond motifs is 1. The molecular weight excluding hydrogens is 258 g/mol. The third-order valence-electron chi connectivity index (χ3n) is 3.04. The molecule has 1 N–H and O–H groups in total. The summed E-state index contributed by atoms with van der Waals surface area (Å²) in [5.74, 6) is 1.62. The van der Waals surface area contributed by atoms with Crippen LogP contribution in [0.15, 0.2) is 34.9 Å². The number of rotatable bonds is 5. The normalized spacial score (nSPS) is 12.9. The molecule has 0 saturated carbocycles. The highest BCUT2D eigenvalue weighted by atomic mass is 16.3. The van der Waals surface area contributed by atoms with E-state index in [2.05, 4.69) is 30.8 Å². The predicted molar refractivity (Wildman–Crippen MR) is 72.2 cm³/mol. The Morgan fingerprint density at radius 3 is 3.00 bits per heavy atom. The van der Waals surface area contributed by atoms with E-state index in [0.29, 0.717) is 18.0 Å². The van der Waals surface area contributed by atoms with Crippen LogP contribution in [-0.2, 0) is 0 Å². The average molecular weight is 273 g/mol. The van der Waals surface area contributed by atoms with Gasteiger partial charge < -0.3 is 9.73 Å². The topological polar surface area (TPSA) is 84.4 Å². The Bertz CT molecular complexity index is 676. The number of tetrazole rings is 1. The van der Waals surface area contributed by atoms with Crippen LogP contribution in [0.5, 0.6) is 0 Å². The molecule has 8 nitrogen and oxygen atoms in total. The summed E-state index contributed by atoms with van der Waals surface area (Å²) in [5.41, 5.74) is 0.616. The highest BCUT2D eigenvalue weighted by Crippen LogP contribution is 2.19. The number of likely N-dealkylation sites (N-methyl/N-ethyl adjacent to an activating group) is 1. The molecule has 0 radical (unpaired) electrons. The lowest BCUT2D eigenvalue weighted by atomic mass is 10.2. The number of anilines is 1. The zero-order chi connectivity index (χ0) is 13.9. The lowest BCUT2D eigenvalue weighted by Gasteiger charge is -2.22. The van der Waals surface area contributed by atoms with Gasteiger partial charge in [0.05, 0.1) is 12.3 Å². The Hall–Kier alpha value is -2.48. The fraction of sp³-hybridized carbons (Fsp3) is 0.333. The number of nitrogens with one attached hydrogen (secondary N) is 1. The molecule has 0 fully saturated rings. The van der Waals surface area contributed by atoms with Crippen LogP contribution in [-0.4, -0.2) is 50.8 Å². The summed E-state index contributed by atoms with van der Waals surface area (Å²) < 4.78 is 6.85. The standard InChI is InChI=1S/C12H15N7O/c1-18(2)9(10-4-3-7-20-10)8-13-11-5-6-12-14-16-17-19(12)15-11/h3-7,9H,8H2,1-2H3,(H,13,15)/t9-/m0/s1. The highest BCUT2D eigenvalue weighted by Gasteiger charge is 2.16. The van der Waals surface area contributed by atoms with Crippen molar-refractivity contribution in [2.75, 3.05) is 26.0 Å². The molecule has 1 atom stereocenters.